The Morgan fingerprint density at radius 3 is 2.46 bits per heavy atom. The normalized spacial score (nSPS) is 34.2. The van der Waals surface area contributed by atoms with Gasteiger partial charge in [-0.2, -0.15) is 0 Å². The van der Waals surface area contributed by atoms with Crippen LogP contribution in [0, 0.1) is 5.92 Å². The van der Waals surface area contributed by atoms with Crippen molar-refractivity contribution in [3.05, 3.63) is 0 Å². The molecule has 0 aliphatic heterocycles. The second-order valence-corrected chi connectivity index (χ2v) is 3.73. The highest BCUT2D eigenvalue weighted by atomic mass is 16.6. The molecule has 1 saturated carbocycles. The fourth-order valence-corrected chi connectivity index (χ4v) is 1.93. The molecule has 0 saturated heterocycles. The predicted octanol–water partition coefficient (Wildman–Crippen LogP) is 1.29. The third kappa shape index (κ3) is 3.22. The van der Waals surface area contributed by atoms with Crippen LogP contribution in [0.5, 0.6) is 0 Å². The Hall–Kier alpha value is -0.770. The highest BCUT2D eigenvalue weighted by Crippen LogP contribution is 2.27. The average molecular weight is 187 g/mol. The molecule has 0 radical (unpaired) electrons. The van der Waals surface area contributed by atoms with E-state index in [1.807, 2.05) is 0 Å². The fourth-order valence-electron chi connectivity index (χ4n) is 1.93. The summed E-state index contributed by atoms with van der Waals surface area (Å²) in [5.41, 5.74) is 4.95. The summed E-state index contributed by atoms with van der Waals surface area (Å²) in [5, 5.41) is 0. The summed E-state index contributed by atoms with van der Waals surface area (Å²) in [6.07, 6.45) is 2.15. The third-order valence-electron chi connectivity index (χ3n) is 2.47. The zero-order valence-electron chi connectivity index (χ0n) is 8.16. The van der Waals surface area contributed by atoms with Gasteiger partial charge in [0.2, 0.25) is 0 Å². The number of hydrogen-bond donors (Lipinski definition) is 1. The first-order valence-corrected chi connectivity index (χ1v) is 4.60. The Labute approximate surface area is 78.4 Å². The lowest BCUT2D eigenvalue weighted by molar-refractivity contribution is -0.0135. The molecule has 0 aromatic heterocycles. The molecule has 0 heterocycles. The number of primary amides is 1. The second kappa shape index (κ2) is 4.46. The number of nitrogens with two attached hydrogens (primary N) is 1. The maximum atomic E-state index is 10.5. The van der Waals surface area contributed by atoms with Crippen molar-refractivity contribution in [3.63, 3.8) is 0 Å². The molecule has 0 spiro atoms. The molecule has 1 fully saturated rings. The van der Waals surface area contributed by atoms with E-state index in [2.05, 4.69) is 6.92 Å². The fraction of sp³-hybridized carbons (Fsp3) is 0.889. The molecule has 4 nitrogen and oxygen atoms in total. The molecule has 1 amide bonds. The van der Waals surface area contributed by atoms with Gasteiger partial charge >= 0.3 is 6.09 Å². The summed E-state index contributed by atoms with van der Waals surface area (Å²) in [6.45, 7) is 2.13. The largest absolute Gasteiger partial charge is 0.446 e. The monoisotopic (exact) mass is 187 g/mol. The minimum absolute atomic E-state index is 0.0637. The average Bonchev–Trinajstić information content (AvgIpc) is 2.01. The van der Waals surface area contributed by atoms with Crippen LogP contribution in [0.2, 0.25) is 0 Å². The lowest BCUT2D eigenvalue weighted by Crippen LogP contribution is -2.34. The Kier molecular flexibility index (Phi) is 3.54. The van der Waals surface area contributed by atoms with E-state index < -0.39 is 6.09 Å². The van der Waals surface area contributed by atoms with Crippen molar-refractivity contribution in [2.45, 2.75) is 38.4 Å². The van der Waals surface area contributed by atoms with E-state index in [1.54, 1.807) is 7.11 Å². The van der Waals surface area contributed by atoms with Gasteiger partial charge in [0.1, 0.15) is 6.10 Å². The second-order valence-electron chi connectivity index (χ2n) is 3.73. The lowest BCUT2D eigenvalue weighted by atomic mass is 9.86. The molecule has 3 atom stereocenters. The maximum Gasteiger partial charge on any atom is 0.404 e. The highest BCUT2D eigenvalue weighted by Gasteiger charge is 2.28. The van der Waals surface area contributed by atoms with Gasteiger partial charge in [-0.3, -0.25) is 0 Å². The predicted molar refractivity (Wildman–Crippen MR) is 48.3 cm³/mol. The first-order valence-electron chi connectivity index (χ1n) is 4.60. The van der Waals surface area contributed by atoms with Crippen LogP contribution in [-0.2, 0) is 9.47 Å². The van der Waals surface area contributed by atoms with Crippen LogP contribution >= 0.6 is 0 Å². The van der Waals surface area contributed by atoms with E-state index >= 15 is 0 Å². The molecular weight excluding hydrogens is 170 g/mol. The molecular formula is C9H17NO3. The smallest absolute Gasteiger partial charge is 0.404 e. The summed E-state index contributed by atoms with van der Waals surface area (Å²) in [4.78, 5) is 10.5. The van der Waals surface area contributed by atoms with Crippen LogP contribution in [0.4, 0.5) is 4.79 Å². The Balaban J connectivity index is 2.42. The number of rotatable bonds is 2. The summed E-state index contributed by atoms with van der Waals surface area (Å²) in [7, 11) is 1.68. The SMILES string of the molecule is COC1CC(C)CC(OC(N)=O)C1. The molecule has 76 valence electrons. The van der Waals surface area contributed by atoms with Gasteiger partial charge in [0.25, 0.3) is 0 Å². The van der Waals surface area contributed by atoms with Crippen molar-refractivity contribution in [2.24, 2.45) is 11.7 Å². The van der Waals surface area contributed by atoms with Crippen LogP contribution < -0.4 is 5.73 Å². The molecule has 2 N–H and O–H groups in total. The zero-order valence-corrected chi connectivity index (χ0v) is 8.16. The first-order chi connectivity index (χ1) is 6.11. The van der Waals surface area contributed by atoms with E-state index in [0.29, 0.717) is 5.92 Å². The molecule has 1 aliphatic rings. The molecule has 3 unspecified atom stereocenters. The number of carbonyl (C=O) groups excluding carboxylic acids is 1. The van der Waals surface area contributed by atoms with E-state index in [0.717, 1.165) is 19.3 Å². The van der Waals surface area contributed by atoms with E-state index in [1.165, 1.54) is 0 Å². The highest BCUT2D eigenvalue weighted by molar-refractivity contribution is 5.64. The molecule has 0 aromatic rings. The van der Waals surface area contributed by atoms with Gasteiger partial charge in [0.15, 0.2) is 0 Å². The molecule has 0 bridgehead atoms. The van der Waals surface area contributed by atoms with Crippen LogP contribution in [0.15, 0.2) is 0 Å². The number of ether oxygens (including phenoxy) is 2. The van der Waals surface area contributed by atoms with Crippen molar-refractivity contribution in [3.8, 4) is 0 Å². The molecule has 0 aromatic carbocycles. The number of amides is 1. The molecule has 4 heteroatoms. The first kappa shape index (κ1) is 10.3. The third-order valence-corrected chi connectivity index (χ3v) is 2.47. The standard InChI is InChI=1S/C9H17NO3/c1-6-3-7(12-2)5-8(4-6)13-9(10)11/h6-8H,3-5H2,1-2H3,(H2,10,11). The van der Waals surface area contributed by atoms with Gasteiger partial charge < -0.3 is 15.2 Å². The summed E-state index contributed by atoms with van der Waals surface area (Å²) >= 11 is 0. The van der Waals surface area contributed by atoms with Gasteiger partial charge in [-0.05, 0) is 18.8 Å². The van der Waals surface area contributed by atoms with Crippen LogP contribution in [0.1, 0.15) is 26.2 Å². The summed E-state index contributed by atoms with van der Waals surface area (Å²) < 4.78 is 10.2. The number of methoxy groups -OCH3 is 1. The number of hydrogen-bond acceptors (Lipinski definition) is 3. The Morgan fingerprint density at radius 1 is 1.31 bits per heavy atom. The van der Waals surface area contributed by atoms with Crippen molar-refractivity contribution >= 4 is 6.09 Å². The summed E-state index contributed by atoms with van der Waals surface area (Å²) in [5.74, 6) is 0.531. The Morgan fingerprint density at radius 2 is 1.92 bits per heavy atom. The van der Waals surface area contributed by atoms with E-state index in [9.17, 15) is 4.79 Å². The molecule has 13 heavy (non-hydrogen) atoms. The van der Waals surface area contributed by atoms with Gasteiger partial charge in [-0.15, -0.1) is 0 Å². The minimum Gasteiger partial charge on any atom is -0.446 e. The topological polar surface area (TPSA) is 61.6 Å². The summed E-state index contributed by atoms with van der Waals surface area (Å²) in [6, 6.07) is 0. The Bertz CT molecular complexity index is 184. The number of carbonyl (C=O) groups is 1. The van der Waals surface area contributed by atoms with Crippen molar-refractivity contribution in [1.29, 1.82) is 0 Å². The van der Waals surface area contributed by atoms with Gasteiger partial charge in [0.05, 0.1) is 6.10 Å². The van der Waals surface area contributed by atoms with Crippen molar-refractivity contribution < 1.29 is 14.3 Å². The van der Waals surface area contributed by atoms with Crippen LogP contribution in [-0.4, -0.2) is 25.4 Å². The lowest BCUT2D eigenvalue weighted by Gasteiger charge is -2.31. The van der Waals surface area contributed by atoms with Crippen LogP contribution in [0.25, 0.3) is 0 Å². The van der Waals surface area contributed by atoms with E-state index in [-0.39, 0.29) is 12.2 Å². The minimum atomic E-state index is -0.686. The molecule has 1 rings (SSSR count). The van der Waals surface area contributed by atoms with Crippen molar-refractivity contribution in [1.82, 2.24) is 0 Å². The van der Waals surface area contributed by atoms with E-state index in [4.69, 9.17) is 15.2 Å². The van der Waals surface area contributed by atoms with Gasteiger partial charge in [-0.25, -0.2) is 4.79 Å². The van der Waals surface area contributed by atoms with Gasteiger partial charge in [-0.1, -0.05) is 6.92 Å². The zero-order chi connectivity index (χ0) is 9.84. The molecule has 1 aliphatic carbocycles. The van der Waals surface area contributed by atoms with Gasteiger partial charge in [0, 0.05) is 13.5 Å². The van der Waals surface area contributed by atoms with Crippen molar-refractivity contribution in [2.75, 3.05) is 7.11 Å². The van der Waals surface area contributed by atoms with Crippen LogP contribution in [0.3, 0.4) is 0 Å². The quantitative estimate of drug-likeness (QED) is 0.708. The maximum absolute atomic E-state index is 10.5.